The first-order chi connectivity index (χ1) is 10.7. The zero-order chi connectivity index (χ0) is 15.4. The molecule has 3 rings (SSSR count). The second-order valence-corrected chi connectivity index (χ2v) is 5.23. The van der Waals surface area contributed by atoms with E-state index in [4.69, 9.17) is 0 Å². The number of carbonyl (C=O) groups excluding carboxylic acids is 2. The number of amides is 2. The first-order valence-electron chi connectivity index (χ1n) is 7.33. The van der Waals surface area contributed by atoms with Gasteiger partial charge in [0.2, 0.25) is 11.8 Å². The molecule has 112 valence electrons. The van der Waals surface area contributed by atoms with E-state index in [-0.39, 0.29) is 18.4 Å². The number of nitrogens with one attached hydrogen (secondary N) is 1. The second-order valence-electron chi connectivity index (χ2n) is 5.23. The van der Waals surface area contributed by atoms with Crippen LogP contribution in [0.15, 0.2) is 48.7 Å². The molecule has 0 aliphatic carbocycles. The van der Waals surface area contributed by atoms with Crippen molar-refractivity contribution in [2.75, 3.05) is 16.8 Å². The lowest BCUT2D eigenvalue weighted by Gasteiger charge is -2.22. The molecule has 0 saturated carbocycles. The lowest BCUT2D eigenvalue weighted by atomic mass is 10.1. The van der Waals surface area contributed by atoms with Crippen molar-refractivity contribution in [1.82, 2.24) is 4.98 Å². The van der Waals surface area contributed by atoms with Crippen molar-refractivity contribution >= 4 is 23.3 Å². The van der Waals surface area contributed by atoms with E-state index in [2.05, 4.69) is 10.3 Å². The second kappa shape index (κ2) is 6.39. The molecule has 2 amide bonds. The van der Waals surface area contributed by atoms with Crippen LogP contribution < -0.4 is 10.2 Å². The number of benzene rings is 1. The van der Waals surface area contributed by atoms with Gasteiger partial charge in [0.05, 0.1) is 0 Å². The van der Waals surface area contributed by atoms with Gasteiger partial charge in [0.1, 0.15) is 12.4 Å². The highest BCUT2D eigenvalue weighted by Gasteiger charge is 2.23. The highest BCUT2D eigenvalue weighted by atomic mass is 16.2. The summed E-state index contributed by atoms with van der Waals surface area (Å²) < 4.78 is 0. The van der Waals surface area contributed by atoms with Gasteiger partial charge in [-0.3, -0.25) is 9.59 Å². The lowest BCUT2D eigenvalue weighted by molar-refractivity contribution is -0.121. The fourth-order valence-corrected chi connectivity index (χ4v) is 2.62. The molecule has 1 aromatic carbocycles. The van der Waals surface area contributed by atoms with E-state index in [1.807, 2.05) is 24.3 Å². The van der Waals surface area contributed by atoms with Crippen LogP contribution in [-0.2, 0) is 16.0 Å². The van der Waals surface area contributed by atoms with Gasteiger partial charge >= 0.3 is 0 Å². The number of anilines is 2. The van der Waals surface area contributed by atoms with Crippen LogP contribution in [0.1, 0.15) is 18.4 Å². The zero-order valence-corrected chi connectivity index (χ0v) is 12.2. The third-order valence-electron chi connectivity index (χ3n) is 3.65. The fraction of sp³-hybridized carbons (Fsp3) is 0.235. The van der Waals surface area contributed by atoms with Crippen LogP contribution in [0.2, 0.25) is 0 Å². The standard InChI is InChI=1S/C17H17N3O2/c21-16(19-15-9-3-4-11-18-15)12-20-14-8-2-1-6-13(14)7-5-10-17(20)22/h1-4,6,8-9,11H,5,7,10,12H2,(H,18,19,21). The molecule has 5 heteroatoms. The van der Waals surface area contributed by atoms with E-state index in [9.17, 15) is 9.59 Å². The third-order valence-corrected chi connectivity index (χ3v) is 3.65. The normalized spacial score (nSPS) is 14.2. The number of fused-ring (bicyclic) bond motifs is 1. The average Bonchev–Trinajstić information content (AvgIpc) is 2.68. The SMILES string of the molecule is O=C(CN1C(=O)CCCc2ccccc21)Nc1ccccn1. The van der Waals surface area contributed by atoms with Crippen LogP contribution in [-0.4, -0.2) is 23.3 Å². The van der Waals surface area contributed by atoms with Gasteiger partial charge < -0.3 is 10.2 Å². The number of rotatable bonds is 3. The first kappa shape index (κ1) is 14.3. The van der Waals surface area contributed by atoms with Crippen LogP contribution in [0.5, 0.6) is 0 Å². The zero-order valence-electron chi connectivity index (χ0n) is 12.2. The summed E-state index contributed by atoms with van der Waals surface area (Å²) in [5, 5.41) is 2.72. The molecule has 0 unspecified atom stereocenters. The topological polar surface area (TPSA) is 62.3 Å². The van der Waals surface area contributed by atoms with Crippen molar-refractivity contribution in [3.05, 3.63) is 54.2 Å². The van der Waals surface area contributed by atoms with Gasteiger partial charge in [-0.05, 0) is 36.6 Å². The lowest BCUT2D eigenvalue weighted by Crippen LogP contribution is -2.37. The van der Waals surface area contributed by atoms with E-state index < -0.39 is 0 Å². The molecule has 1 aliphatic rings. The number of hydrogen-bond donors (Lipinski definition) is 1. The van der Waals surface area contributed by atoms with Gasteiger partial charge in [0, 0.05) is 18.3 Å². The Morgan fingerprint density at radius 1 is 1.14 bits per heavy atom. The Balaban J connectivity index is 1.78. The Kier molecular flexibility index (Phi) is 4.14. The quantitative estimate of drug-likeness (QED) is 0.945. The summed E-state index contributed by atoms with van der Waals surface area (Å²) in [5.41, 5.74) is 1.94. The number of para-hydroxylation sites is 1. The number of nitrogens with zero attached hydrogens (tertiary/aromatic N) is 2. The molecule has 2 heterocycles. The summed E-state index contributed by atoms with van der Waals surface area (Å²) >= 11 is 0. The first-order valence-corrected chi connectivity index (χ1v) is 7.33. The molecule has 0 fully saturated rings. The van der Waals surface area contributed by atoms with Crippen molar-refractivity contribution in [2.45, 2.75) is 19.3 Å². The predicted octanol–water partition coefficient (Wildman–Crippen LogP) is 2.39. The Morgan fingerprint density at radius 2 is 1.95 bits per heavy atom. The van der Waals surface area contributed by atoms with Gasteiger partial charge in [-0.2, -0.15) is 0 Å². The largest absolute Gasteiger partial charge is 0.309 e. The molecule has 0 bridgehead atoms. The maximum atomic E-state index is 12.3. The van der Waals surface area contributed by atoms with Crippen LogP contribution in [0.25, 0.3) is 0 Å². The highest BCUT2D eigenvalue weighted by Crippen LogP contribution is 2.26. The summed E-state index contributed by atoms with van der Waals surface area (Å²) in [6, 6.07) is 13.1. The molecule has 5 nitrogen and oxygen atoms in total. The molecule has 1 aliphatic heterocycles. The smallest absolute Gasteiger partial charge is 0.245 e. The summed E-state index contributed by atoms with van der Waals surface area (Å²) in [4.78, 5) is 30.1. The summed E-state index contributed by atoms with van der Waals surface area (Å²) in [6.07, 6.45) is 3.75. The number of hydrogen-bond acceptors (Lipinski definition) is 3. The average molecular weight is 295 g/mol. The minimum absolute atomic E-state index is 0.00637. The molecule has 1 aromatic heterocycles. The van der Waals surface area contributed by atoms with Crippen LogP contribution in [0.3, 0.4) is 0 Å². The van der Waals surface area contributed by atoms with Crippen molar-refractivity contribution in [2.24, 2.45) is 0 Å². The van der Waals surface area contributed by atoms with Crippen LogP contribution in [0, 0.1) is 0 Å². The number of aromatic nitrogens is 1. The minimum Gasteiger partial charge on any atom is -0.309 e. The van der Waals surface area contributed by atoms with Gasteiger partial charge in [0.25, 0.3) is 0 Å². The summed E-state index contributed by atoms with van der Waals surface area (Å²) in [5.74, 6) is 0.230. The van der Waals surface area contributed by atoms with Crippen LogP contribution >= 0.6 is 0 Å². The molecule has 0 atom stereocenters. The Morgan fingerprint density at radius 3 is 2.77 bits per heavy atom. The van der Waals surface area contributed by atoms with Crippen molar-refractivity contribution in [1.29, 1.82) is 0 Å². The van der Waals surface area contributed by atoms with E-state index in [1.54, 1.807) is 29.3 Å². The monoisotopic (exact) mass is 295 g/mol. The number of carbonyl (C=O) groups is 2. The van der Waals surface area contributed by atoms with E-state index in [0.29, 0.717) is 12.2 Å². The molecular formula is C17H17N3O2. The van der Waals surface area contributed by atoms with Gasteiger partial charge in [-0.1, -0.05) is 24.3 Å². The number of aryl methyl sites for hydroxylation is 1. The Bertz CT molecular complexity index is 685. The maximum Gasteiger partial charge on any atom is 0.245 e. The minimum atomic E-state index is -0.247. The highest BCUT2D eigenvalue weighted by molar-refractivity contribution is 6.03. The summed E-state index contributed by atoms with van der Waals surface area (Å²) in [6.45, 7) is 0.00637. The summed E-state index contributed by atoms with van der Waals surface area (Å²) in [7, 11) is 0. The fourth-order valence-electron chi connectivity index (χ4n) is 2.62. The van der Waals surface area contributed by atoms with E-state index >= 15 is 0 Å². The Hall–Kier alpha value is -2.69. The predicted molar refractivity (Wildman–Crippen MR) is 84.6 cm³/mol. The molecule has 22 heavy (non-hydrogen) atoms. The van der Waals surface area contributed by atoms with Gasteiger partial charge in [-0.15, -0.1) is 0 Å². The van der Waals surface area contributed by atoms with E-state index in [0.717, 1.165) is 24.1 Å². The van der Waals surface area contributed by atoms with E-state index in [1.165, 1.54) is 0 Å². The molecular weight excluding hydrogens is 278 g/mol. The number of pyridine rings is 1. The maximum absolute atomic E-state index is 12.3. The van der Waals surface area contributed by atoms with Gasteiger partial charge in [0.15, 0.2) is 0 Å². The molecule has 0 spiro atoms. The van der Waals surface area contributed by atoms with Gasteiger partial charge in [-0.25, -0.2) is 4.98 Å². The molecule has 2 aromatic rings. The third kappa shape index (κ3) is 3.14. The Labute approximate surface area is 129 Å². The van der Waals surface area contributed by atoms with Crippen molar-refractivity contribution in [3.8, 4) is 0 Å². The van der Waals surface area contributed by atoms with Crippen molar-refractivity contribution in [3.63, 3.8) is 0 Å². The molecule has 1 N–H and O–H groups in total. The molecule has 0 saturated heterocycles. The van der Waals surface area contributed by atoms with Crippen molar-refractivity contribution < 1.29 is 9.59 Å². The molecule has 0 radical (unpaired) electrons. The van der Waals surface area contributed by atoms with Crippen LogP contribution in [0.4, 0.5) is 11.5 Å².